The molecule has 122 valence electrons. The van der Waals surface area contributed by atoms with Crippen LogP contribution < -0.4 is 16.0 Å². The third-order valence-electron chi connectivity index (χ3n) is 2.95. The fourth-order valence-electron chi connectivity index (χ4n) is 1.73. The summed E-state index contributed by atoms with van der Waals surface area (Å²) in [5.74, 6) is 1.32. The van der Waals surface area contributed by atoms with Gasteiger partial charge < -0.3 is 16.0 Å². The molecule has 0 aromatic carbocycles. The standard InChI is InChI=1S/C16H27N5O/c1-4-18-16(20-9-7-13(2)3)21-11-10-19-15(22)14-6-5-8-17-12-14/h5-6,8,12-13H,4,7,9-11H2,1-3H3,(H,19,22)(H2,18,20,21). The Balaban J connectivity index is 2.29. The summed E-state index contributed by atoms with van der Waals surface area (Å²) in [6.07, 6.45) is 4.27. The first-order chi connectivity index (χ1) is 10.6. The quantitative estimate of drug-likeness (QED) is 0.385. The molecule has 0 aliphatic heterocycles. The van der Waals surface area contributed by atoms with E-state index in [0.29, 0.717) is 24.6 Å². The number of aliphatic imine (C=N–C) groups is 1. The van der Waals surface area contributed by atoms with E-state index in [2.05, 4.69) is 39.8 Å². The highest BCUT2D eigenvalue weighted by molar-refractivity contribution is 5.93. The van der Waals surface area contributed by atoms with Gasteiger partial charge in [-0.1, -0.05) is 13.8 Å². The van der Waals surface area contributed by atoms with Crippen LogP contribution in [0.4, 0.5) is 0 Å². The highest BCUT2D eigenvalue weighted by Crippen LogP contribution is 1.98. The van der Waals surface area contributed by atoms with E-state index in [1.807, 2.05) is 6.92 Å². The van der Waals surface area contributed by atoms with E-state index < -0.39 is 0 Å². The van der Waals surface area contributed by atoms with Crippen molar-refractivity contribution in [3.8, 4) is 0 Å². The van der Waals surface area contributed by atoms with Gasteiger partial charge in [0.05, 0.1) is 5.56 Å². The first kappa shape index (κ1) is 17.9. The number of amides is 1. The molecular weight excluding hydrogens is 278 g/mol. The molecule has 0 aliphatic carbocycles. The van der Waals surface area contributed by atoms with E-state index in [-0.39, 0.29) is 5.91 Å². The second kappa shape index (κ2) is 10.6. The van der Waals surface area contributed by atoms with Crippen LogP contribution in [0.2, 0.25) is 0 Å². The van der Waals surface area contributed by atoms with Crippen molar-refractivity contribution in [1.82, 2.24) is 20.9 Å². The Bertz CT molecular complexity index is 459. The zero-order valence-electron chi connectivity index (χ0n) is 13.7. The minimum atomic E-state index is -0.114. The van der Waals surface area contributed by atoms with Gasteiger partial charge in [-0.3, -0.25) is 14.8 Å². The lowest BCUT2D eigenvalue weighted by molar-refractivity contribution is 0.0954. The van der Waals surface area contributed by atoms with Crippen LogP contribution in [0.25, 0.3) is 0 Å². The second-order valence-corrected chi connectivity index (χ2v) is 5.37. The third kappa shape index (κ3) is 7.61. The van der Waals surface area contributed by atoms with Crippen molar-refractivity contribution in [3.63, 3.8) is 0 Å². The molecule has 22 heavy (non-hydrogen) atoms. The van der Waals surface area contributed by atoms with Crippen molar-refractivity contribution < 1.29 is 4.79 Å². The Morgan fingerprint density at radius 3 is 2.68 bits per heavy atom. The van der Waals surface area contributed by atoms with Crippen LogP contribution in [-0.4, -0.2) is 43.0 Å². The summed E-state index contributed by atoms with van der Waals surface area (Å²) in [6, 6.07) is 3.49. The van der Waals surface area contributed by atoms with Crippen LogP contribution in [0.15, 0.2) is 29.5 Å². The van der Waals surface area contributed by atoms with Crippen molar-refractivity contribution in [2.24, 2.45) is 10.9 Å². The molecule has 1 aromatic heterocycles. The zero-order chi connectivity index (χ0) is 16.2. The monoisotopic (exact) mass is 305 g/mol. The summed E-state index contributed by atoms with van der Waals surface area (Å²) in [4.78, 5) is 20.3. The van der Waals surface area contributed by atoms with Crippen LogP contribution in [0.5, 0.6) is 0 Å². The van der Waals surface area contributed by atoms with Gasteiger partial charge in [-0.05, 0) is 31.4 Å². The van der Waals surface area contributed by atoms with Crippen molar-refractivity contribution in [2.75, 3.05) is 26.2 Å². The number of nitrogens with one attached hydrogen (secondary N) is 3. The maximum Gasteiger partial charge on any atom is 0.252 e. The topological polar surface area (TPSA) is 78.4 Å². The fraction of sp³-hybridized carbons (Fsp3) is 0.562. The van der Waals surface area contributed by atoms with Crippen LogP contribution in [0, 0.1) is 5.92 Å². The number of nitrogens with zero attached hydrogens (tertiary/aromatic N) is 2. The molecule has 3 N–H and O–H groups in total. The number of pyridine rings is 1. The number of rotatable bonds is 8. The first-order valence-corrected chi connectivity index (χ1v) is 7.84. The average molecular weight is 305 g/mol. The van der Waals surface area contributed by atoms with E-state index in [4.69, 9.17) is 0 Å². The van der Waals surface area contributed by atoms with Gasteiger partial charge in [0.25, 0.3) is 5.91 Å². The maximum absolute atomic E-state index is 11.8. The second-order valence-electron chi connectivity index (χ2n) is 5.37. The van der Waals surface area contributed by atoms with Crippen molar-refractivity contribution in [2.45, 2.75) is 27.2 Å². The number of carbonyl (C=O) groups is 1. The zero-order valence-corrected chi connectivity index (χ0v) is 13.7. The van der Waals surface area contributed by atoms with Gasteiger partial charge in [-0.2, -0.15) is 0 Å². The highest BCUT2D eigenvalue weighted by atomic mass is 16.1. The number of hydrogen-bond donors (Lipinski definition) is 3. The molecule has 1 heterocycles. The number of guanidine groups is 1. The molecule has 0 spiro atoms. The molecule has 6 nitrogen and oxygen atoms in total. The van der Waals surface area contributed by atoms with Gasteiger partial charge in [0.15, 0.2) is 5.96 Å². The van der Waals surface area contributed by atoms with Crippen LogP contribution in [-0.2, 0) is 0 Å². The Kier molecular flexibility index (Phi) is 8.64. The Hall–Kier alpha value is -2.11. The van der Waals surface area contributed by atoms with Gasteiger partial charge in [0.2, 0.25) is 0 Å². The predicted octanol–water partition coefficient (Wildman–Crippen LogP) is 1.41. The van der Waals surface area contributed by atoms with E-state index in [0.717, 1.165) is 25.5 Å². The molecular formula is C16H27N5O. The van der Waals surface area contributed by atoms with Gasteiger partial charge in [0, 0.05) is 38.6 Å². The molecule has 1 aromatic rings. The first-order valence-electron chi connectivity index (χ1n) is 7.84. The lowest BCUT2D eigenvalue weighted by atomic mass is 10.1. The lowest BCUT2D eigenvalue weighted by Gasteiger charge is -2.12. The van der Waals surface area contributed by atoms with Gasteiger partial charge in [-0.15, -0.1) is 0 Å². The molecule has 1 rings (SSSR count). The Morgan fingerprint density at radius 2 is 2.05 bits per heavy atom. The SMILES string of the molecule is CCNC(=NCCC(C)C)NCCNC(=O)c1cccnc1. The fourth-order valence-corrected chi connectivity index (χ4v) is 1.73. The summed E-state index contributed by atoms with van der Waals surface area (Å²) in [5, 5.41) is 9.25. The van der Waals surface area contributed by atoms with Crippen LogP contribution in [0.1, 0.15) is 37.6 Å². The van der Waals surface area contributed by atoms with E-state index in [1.54, 1.807) is 24.5 Å². The van der Waals surface area contributed by atoms with E-state index in [9.17, 15) is 4.79 Å². The summed E-state index contributed by atoms with van der Waals surface area (Å²) in [5.41, 5.74) is 0.569. The van der Waals surface area contributed by atoms with Crippen LogP contribution in [0.3, 0.4) is 0 Å². The van der Waals surface area contributed by atoms with Crippen LogP contribution >= 0.6 is 0 Å². The summed E-state index contributed by atoms with van der Waals surface area (Å²) in [6.45, 7) is 9.17. The Morgan fingerprint density at radius 1 is 1.27 bits per heavy atom. The smallest absolute Gasteiger partial charge is 0.252 e. The molecule has 0 saturated heterocycles. The minimum absolute atomic E-state index is 0.114. The molecule has 0 radical (unpaired) electrons. The normalized spacial score (nSPS) is 11.4. The third-order valence-corrected chi connectivity index (χ3v) is 2.95. The molecule has 0 unspecified atom stereocenters. The summed E-state index contributed by atoms with van der Waals surface area (Å²) in [7, 11) is 0. The van der Waals surface area contributed by atoms with Gasteiger partial charge in [0.1, 0.15) is 0 Å². The molecule has 0 atom stereocenters. The van der Waals surface area contributed by atoms with E-state index >= 15 is 0 Å². The predicted molar refractivity (Wildman–Crippen MR) is 90.0 cm³/mol. The molecule has 0 bridgehead atoms. The van der Waals surface area contributed by atoms with Gasteiger partial charge in [-0.25, -0.2) is 0 Å². The van der Waals surface area contributed by atoms with Crippen molar-refractivity contribution in [3.05, 3.63) is 30.1 Å². The molecule has 6 heteroatoms. The van der Waals surface area contributed by atoms with Gasteiger partial charge >= 0.3 is 0 Å². The number of hydrogen-bond acceptors (Lipinski definition) is 3. The lowest BCUT2D eigenvalue weighted by Crippen LogP contribution is -2.41. The molecule has 0 aliphatic rings. The Labute approximate surface area is 132 Å². The summed E-state index contributed by atoms with van der Waals surface area (Å²) < 4.78 is 0. The van der Waals surface area contributed by atoms with E-state index in [1.165, 1.54) is 0 Å². The molecule has 1 amide bonds. The summed E-state index contributed by atoms with van der Waals surface area (Å²) >= 11 is 0. The molecule has 0 fully saturated rings. The largest absolute Gasteiger partial charge is 0.357 e. The molecule has 0 saturated carbocycles. The average Bonchev–Trinajstić information content (AvgIpc) is 2.51. The highest BCUT2D eigenvalue weighted by Gasteiger charge is 2.04. The van der Waals surface area contributed by atoms with Crippen molar-refractivity contribution in [1.29, 1.82) is 0 Å². The minimum Gasteiger partial charge on any atom is -0.357 e. The number of carbonyl (C=O) groups excluding carboxylic acids is 1. The number of aromatic nitrogens is 1. The maximum atomic E-state index is 11.8. The van der Waals surface area contributed by atoms with Crippen molar-refractivity contribution >= 4 is 11.9 Å².